The van der Waals surface area contributed by atoms with Crippen molar-refractivity contribution in [3.63, 3.8) is 0 Å². The van der Waals surface area contributed by atoms with Crippen LogP contribution in [-0.2, 0) is 19.4 Å². The molecule has 2 amide bonds. The van der Waals surface area contributed by atoms with Crippen LogP contribution in [0.4, 0.5) is 5.69 Å². The molecule has 1 unspecified atom stereocenters. The van der Waals surface area contributed by atoms with Crippen molar-refractivity contribution in [3.8, 4) is 0 Å². The van der Waals surface area contributed by atoms with Gasteiger partial charge in [-0.3, -0.25) is 14.8 Å². The van der Waals surface area contributed by atoms with Crippen LogP contribution in [0.3, 0.4) is 0 Å². The van der Waals surface area contributed by atoms with Gasteiger partial charge < -0.3 is 10.6 Å². The molecule has 4 N–H and O–H groups in total. The standard InChI is InChI=1S/C23H33N3O5S/c27-20(17-4-2-1-3-5-17)25-18-6-8-19(9-7-18)32(30,31)23(21(28)26-29)11-10-22(16-23)12-14-24-15-13-22/h6-9,17,24,29H,1-5,10-16H2,(H,25,27)(H,26,28). The van der Waals surface area contributed by atoms with E-state index in [-0.39, 0.29) is 35.0 Å². The maximum Gasteiger partial charge on any atom is 0.265 e. The molecule has 176 valence electrons. The Labute approximate surface area is 189 Å². The quantitative estimate of drug-likeness (QED) is 0.393. The fourth-order valence-electron chi connectivity index (χ4n) is 5.83. The Morgan fingerprint density at radius 2 is 1.62 bits per heavy atom. The van der Waals surface area contributed by atoms with Gasteiger partial charge in [-0.15, -0.1) is 0 Å². The normalized spacial score (nSPS) is 26.0. The average Bonchev–Trinajstić information content (AvgIpc) is 3.20. The molecule has 9 heteroatoms. The van der Waals surface area contributed by atoms with E-state index in [2.05, 4.69) is 10.6 Å². The van der Waals surface area contributed by atoms with Crippen molar-refractivity contribution in [1.29, 1.82) is 0 Å². The van der Waals surface area contributed by atoms with E-state index in [4.69, 9.17) is 0 Å². The van der Waals surface area contributed by atoms with Gasteiger partial charge in [0.15, 0.2) is 14.6 Å². The van der Waals surface area contributed by atoms with Crippen LogP contribution in [0.1, 0.15) is 64.2 Å². The molecule has 2 saturated carbocycles. The Bertz CT molecular complexity index is 950. The van der Waals surface area contributed by atoms with Crippen molar-refractivity contribution in [2.75, 3.05) is 18.4 Å². The number of sulfone groups is 1. The Morgan fingerprint density at radius 3 is 2.25 bits per heavy atom. The number of hydrogen-bond acceptors (Lipinski definition) is 6. The lowest BCUT2D eigenvalue weighted by atomic mass is 9.77. The van der Waals surface area contributed by atoms with Gasteiger partial charge in [0.25, 0.3) is 5.91 Å². The molecule has 3 fully saturated rings. The van der Waals surface area contributed by atoms with Gasteiger partial charge in [0.1, 0.15) is 0 Å². The summed E-state index contributed by atoms with van der Waals surface area (Å²) in [7, 11) is -4.06. The summed E-state index contributed by atoms with van der Waals surface area (Å²) >= 11 is 0. The zero-order chi connectivity index (χ0) is 22.8. The minimum Gasteiger partial charge on any atom is -0.326 e. The number of benzene rings is 1. The van der Waals surface area contributed by atoms with Gasteiger partial charge in [-0.2, -0.15) is 0 Å². The monoisotopic (exact) mass is 463 g/mol. The largest absolute Gasteiger partial charge is 0.326 e. The maximum absolute atomic E-state index is 13.7. The van der Waals surface area contributed by atoms with Gasteiger partial charge in [0.2, 0.25) is 5.91 Å². The number of carbonyl (C=O) groups excluding carboxylic acids is 2. The molecule has 4 rings (SSSR count). The average molecular weight is 464 g/mol. The van der Waals surface area contributed by atoms with E-state index in [1.165, 1.54) is 12.1 Å². The molecule has 0 bridgehead atoms. The smallest absolute Gasteiger partial charge is 0.265 e. The highest BCUT2D eigenvalue weighted by molar-refractivity contribution is 7.93. The summed E-state index contributed by atoms with van der Waals surface area (Å²) in [6.07, 6.45) is 7.70. The Morgan fingerprint density at radius 1 is 0.969 bits per heavy atom. The SMILES string of the molecule is O=C(Nc1ccc(S(=O)(=O)C2(C(=O)NO)CCC3(CCNCC3)C2)cc1)C1CCCCC1. The van der Waals surface area contributed by atoms with E-state index in [0.29, 0.717) is 12.1 Å². The Balaban J connectivity index is 1.55. The fraction of sp³-hybridized carbons (Fsp3) is 0.652. The molecule has 1 aromatic carbocycles. The van der Waals surface area contributed by atoms with Crippen molar-refractivity contribution < 1.29 is 23.2 Å². The summed E-state index contributed by atoms with van der Waals surface area (Å²) in [6.45, 7) is 1.60. The second-order valence-corrected chi connectivity index (χ2v) is 12.0. The van der Waals surface area contributed by atoms with Crippen LogP contribution >= 0.6 is 0 Å². The van der Waals surface area contributed by atoms with Gasteiger partial charge in [-0.1, -0.05) is 19.3 Å². The third-order valence-corrected chi connectivity index (χ3v) is 10.3. The second kappa shape index (κ2) is 9.11. The van der Waals surface area contributed by atoms with Crippen molar-refractivity contribution >= 4 is 27.3 Å². The summed E-state index contributed by atoms with van der Waals surface area (Å²) in [6, 6.07) is 6.05. The molecule has 3 aliphatic rings. The number of nitrogens with one attached hydrogen (secondary N) is 3. The van der Waals surface area contributed by atoms with E-state index in [1.54, 1.807) is 17.6 Å². The lowest BCUT2D eigenvalue weighted by Gasteiger charge is -2.36. The van der Waals surface area contributed by atoms with Crippen molar-refractivity contribution in [2.45, 2.75) is 73.9 Å². The lowest BCUT2D eigenvalue weighted by Crippen LogP contribution is -2.51. The topological polar surface area (TPSA) is 125 Å². The predicted molar refractivity (Wildman–Crippen MR) is 120 cm³/mol. The summed E-state index contributed by atoms with van der Waals surface area (Å²) in [4.78, 5) is 25.3. The number of carbonyl (C=O) groups is 2. The molecule has 1 spiro atoms. The highest BCUT2D eigenvalue weighted by Gasteiger charge is 2.60. The van der Waals surface area contributed by atoms with E-state index in [9.17, 15) is 23.2 Å². The van der Waals surface area contributed by atoms with Crippen LogP contribution < -0.4 is 16.1 Å². The fourth-order valence-corrected chi connectivity index (χ4v) is 7.93. The summed E-state index contributed by atoms with van der Waals surface area (Å²) in [5.74, 6) is -0.883. The number of hydroxylamine groups is 1. The van der Waals surface area contributed by atoms with Crippen molar-refractivity contribution in [1.82, 2.24) is 10.8 Å². The molecule has 32 heavy (non-hydrogen) atoms. The van der Waals surface area contributed by atoms with Crippen molar-refractivity contribution in [3.05, 3.63) is 24.3 Å². The molecule has 8 nitrogen and oxygen atoms in total. The third-order valence-electron chi connectivity index (χ3n) is 7.82. The molecular weight excluding hydrogens is 430 g/mol. The van der Waals surface area contributed by atoms with Crippen molar-refractivity contribution in [2.24, 2.45) is 11.3 Å². The first-order chi connectivity index (χ1) is 15.3. The first-order valence-electron chi connectivity index (χ1n) is 11.6. The molecule has 1 heterocycles. The zero-order valence-electron chi connectivity index (χ0n) is 18.4. The van der Waals surface area contributed by atoms with Crippen LogP contribution in [0.5, 0.6) is 0 Å². The van der Waals surface area contributed by atoms with Gasteiger partial charge >= 0.3 is 0 Å². The Kier molecular flexibility index (Phi) is 6.61. The molecule has 1 saturated heterocycles. The minimum absolute atomic E-state index is 0.00309. The van der Waals surface area contributed by atoms with Crippen LogP contribution in [0.25, 0.3) is 0 Å². The van der Waals surface area contributed by atoms with Gasteiger partial charge in [0, 0.05) is 11.6 Å². The Hall–Kier alpha value is -1.97. The summed E-state index contributed by atoms with van der Waals surface area (Å²) < 4.78 is 25.7. The van der Waals surface area contributed by atoms with Crippen LogP contribution in [-0.4, -0.2) is 43.3 Å². The predicted octanol–water partition coefficient (Wildman–Crippen LogP) is 2.78. The highest BCUT2D eigenvalue weighted by Crippen LogP contribution is 2.54. The molecule has 2 aliphatic carbocycles. The third kappa shape index (κ3) is 4.18. The zero-order valence-corrected chi connectivity index (χ0v) is 19.2. The first kappa shape index (κ1) is 23.2. The number of amides is 2. The van der Waals surface area contributed by atoms with E-state index < -0.39 is 20.5 Å². The molecule has 1 aromatic rings. The summed E-state index contributed by atoms with van der Waals surface area (Å²) in [5, 5.41) is 15.6. The number of hydrogen-bond donors (Lipinski definition) is 4. The number of anilines is 1. The summed E-state index contributed by atoms with van der Waals surface area (Å²) in [5.41, 5.74) is 1.96. The molecule has 0 radical (unpaired) electrons. The highest BCUT2D eigenvalue weighted by atomic mass is 32.2. The maximum atomic E-state index is 13.7. The van der Waals surface area contributed by atoms with E-state index in [0.717, 1.165) is 58.0 Å². The number of piperidine rings is 1. The van der Waals surface area contributed by atoms with Crippen LogP contribution in [0.15, 0.2) is 29.2 Å². The molecule has 1 atom stereocenters. The van der Waals surface area contributed by atoms with E-state index in [1.807, 2.05) is 0 Å². The lowest BCUT2D eigenvalue weighted by molar-refractivity contribution is -0.132. The van der Waals surface area contributed by atoms with Gasteiger partial charge in [0.05, 0.1) is 4.90 Å². The van der Waals surface area contributed by atoms with Gasteiger partial charge in [-0.05, 0) is 87.7 Å². The molecule has 1 aliphatic heterocycles. The second-order valence-electron chi connectivity index (χ2n) is 9.71. The molecule has 0 aromatic heterocycles. The minimum atomic E-state index is -4.06. The van der Waals surface area contributed by atoms with Crippen LogP contribution in [0.2, 0.25) is 0 Å². The molecular formula is C23H33N3O5S. The first-order valence-corrected chi connectivity index (χ1v) is 13.1. The van der Waals surface area contributed by atoms with Gasteiger partial charge in [-0.25, -0.2) is 13.9 Å². The van der Waals surface area contributed by atoms with E-state index >= 15 is 0 Å². The van der Waals surface area contributed by atoms with Crippen LogP contribution in [0, 0.1) is 11.3 Å². The number of rotatable bonds is 5.